The largest absolute Gasteiger partial charge is 0.493 e. The molecule has 0 aliphatic heterocycles. The van der Waals surface area contributed by atoms with Crippen molar-refractivity contribution in [1.29, 1.82) is 0 Å². The van der Waals surface area contributed by atoms with Gasteiger partial charge in [-0.1, -0.05) is 26.0 Å². The lowest BCUT2D eigenvalue weighted by molar-refractivity contribution is -0.137. The topological polar surface area (TPSA) is 73.6 Å². The molecule has 8 heteroatoms. The van der Waals surface area contributed by atoms with Crippen LogP contribution in [0.5, 0.6) is 11.5 Å². The maximum atomic E-state index is 12.5. The molecule has 0 saturated carbocycles. The van der Waals surface area contributed by atoms with Gasteiger partial charge in [0.25, 0.3) is 0 Å². The molecule has 1 amide bonds. The molecule has 0 heterocycles. The number of nitrogens with two attached hydrogens (primary N) is 1. The fourth-order valence-electron chi connectivity index (χ4n) is 2.17. The number of methoxy groups -OCH3 is 1. The molecule has 0 aliphatic carbocycles. The number of hydrogen-bond donors (Lipinski definition) is 2. The average Bonchev–Trinajstić information content (AvgIpc) is 2.72. The molecule has 2 aromatic carbocycles. The van der Waals surface area contributed by atoms with E-state index in [4.69, 9.17) is 15.2 Å². The molecular weight excluding hydrogens is 385 g/mol. The van der Waals surface area contributed by atoms with Crippen molar-refractivity contribution >= 4 is 17.7 Å². The molecule has 0 unspecified atom stereocenters. The Morgan fingerprint density at radius 2 is 1.76 bits per heavy atom. The summed E-state index contributed by atoms with van der Waals surface area (Å²) >= 11 is 0. The first-order chi connectivity index (χ1) is 13.8. The summed E-state index contributed by atoms with van der Waals surface area (Å²) in [7, 11) is 1.47. The number of carbonyl (C=O) groups is 1. The average molecular weight is 410 g/mol. The monoisotopic (exact) mass is 410 g/mol. The zero-order valence-electron chi connectivity index (χ0n) is 16.5. The van der Waals surface area contributed by atoms with E-state index in [1.54, 1.807) is 18.2 Å². The summed E-state index contributed by atoms with van der Waals surface area (Å²) in [6.07, 6.45) is -1.74. The summed E-state index contributed by atoms with van der Waals surface area (Å²) in [6.45, 7) is 4.69. The minimum Gasteiger partial charge on any atom is -0.493 e. The molecule has 3 N–H and O–H groups in total. The van der Waals surface area contributed by atoms with Crippen LogP contribution in [-0.2, 0) is 11.0 Å². The number of carbonyl (C=O) groups excluding carboxylic acids is 1. The van der Waals surface area contributed by atoms with E-state index in [1.807, 2.05) is 13.8 Å². The number of amides is 1. The van der Waals surface area contributed by atoms with Gasteiger partial charge < -0.3 is 20.5 Å². The van der Waals surface area contributed by atoms with E-state index < -0.39 is 17.6 Å². The van der Waals surface area contributed by atoms with Gasteiger partial charge in [0.2, 0.25) is 5.91 Å². The van der Waals surface area contributed by atoms with E-state index in [-0.39, 0.29) is 0 Å². The smallest absolute Gasteiger partial charge is 0.416 e. The predicted molar refractivity (Wildman–Crippen MR) is 108 cm³/mol. The third-order valence-electron chi connectivity index (χ3n) is 3.47. The molecular formula is C21H25F3N2O3. The molecule has 2 rings (SSSR count). The Morgan fingerprint density at radius 3 is 2.31 bits per heavy atom. The first-order valence-electron chi connectivity index (χ1n) is 9.00. The molecule has 0 saturated heterocycles. The number of alkyl halides is 3. The van der Waals surface area contributed by atoms with Crippen molar-refractivity contribution in [3.8, 4) is 11.5 Å². The lowest BCUT2D eigenvalue weighted by Crippen LogP contribution is -2.11. The van der Waals surface area contributed by atoms with Crippen LogP contribution in [0.25, 0.3) is 6.08 Å². The van der Waals surface area contributed by atoms with Crippen molar-refractivity contribution in [2.24, 2.45) is 5.73 Å². The summed E-state index contributed by atoms with van der Waals surface area (Å²) in [5, 5.41) is 2.64. The van der Waals surface area contributed by atoms with Crippen LogP contribution in [0.1, 0.15) is 25.0 Å². The maximum absolute atomic E-state index is 12.5. The number of rotatable bonds is 7. The van der Waals surface area contributed by atoms with Crippen LogP contribution in [0, 0.1) is 0 Å². The molecule has 0 radical (unpaired) electrons. The molecule has 0 spiro atoms. The first-order valence-corrected chi connectivity index (χ1v) is 9.00. The van der Waals surface area contributed by atoms with Crippen molar-refractivity contribution in [3.63, 3.8) is 0 Å². The van der Waals surface area contributed by atoms with Gasteiger partial charge in [0.1, 0.15) is 6.61 Å². The molecule has 0 aliphatic rings. The van der Waals surface area contributed by atoms with Crippen LogP contribution in [0.3, 0.4) is 0 Å². The number of ether oxygens (including phenoxy) is 2. The van der Waals surface area contributed by atoms with Gasteiger partial charge in [0, 0.05) is 24.4 Å². The van der Waals surface area contributed by atoms with Crippen LogP contribution >= 0.6 is 0 Å². The number of nitrogens with one attached hydrogen (secondary N) is 1. The second kappa shape index (κ2) is 11.8. The van der Waals surface area contributed by atoms with Crippen molar-refractivity contribution in [2.75, 3.05) is 25.6 Å². The van der Waals surface area contributed by atoms with Gasteiger partial charge in [-0.3, -0.25) is 4.79 Å². The van der Waals surface area contributed by atoms with Gasteiger partial charge in [0.05, 0.1) is 12.7 Å². The Bertz CT molecular complexity index is 804. The van der Waals surface area contributed by atoms with Crippen molar-refractivity contribution in [1.82, 2.24) is 0 Å². The molecule has 29 heavy (non-hydrogen) atoms. The zero-order valence-corrected chi connectivity index (χ0v) is 16.5. The molecule has 0 aromatic heterocycles. The summed E-state index contributed by atoms with van der Waals surface area (Å²) < 4.78 is 48.2. The van der Waals surface area contributed by atoms with Crippen LogP contribution < -0.4 is 20.5 Å². The van der Waals surface area contributed by atoms with Gasteiger partial charge in [-0.05, 0) is 35.9 Å². The highest BCUT2D eigenvalue weighted by Gasteiger charge is 2.29. The summed E-state index contributed by atoms with van der Waals surface area (Å²) in [5.41, 5.74) is 5.60. The first kappa shape index (κ1) is 24.0. The standard InChI is InChI=1S/C19H19F3N2O3.C2H6/c1-26-17-12-15(7-8-16(17)27-11-10-23)24-18(25)9-4-13-2-5-14(6-3-13)19(20,21)22;1-2/h2-9,12H,10-11,23H2,1H3,(H,24,25);1-2H3/b9-4+;. The zero-order chi connectivity index (χ0) is 21.9. The molecule has 0 fully saturated rings. The van der Waals surface area contributed by atoms with Crippen molar-refractivity contribution in [2.45, 2.75) is 20.0 Å². The lowest BCUT2D eigenvalue weighted by Gasteiger charge is -2.11. The molecule has 2 aromatic rings. The van der Waals surface area contributed by atoms with E-state index in [2.05, 4.69) is 5.32 Å². The van der Waals surface area contributed by atoms with E-state index in [1.165, 1.54) is 31.4 Å². The molecule has 5 nitrogen and oxygen atoms in total. The highest BCUT2D eigenvalue weighted by molar-refractivity contribution is 6.02. The van der Waals surface area contributed by atoms with Gasteiger partial charge in [0.15, 0.2) is 11.5 Å². The van der Waals surface area contributed by atoms with E-state index in [9.17, 15) is 18.0 Å². The number of hydrogen-bond acceptors (Lipinski definition) is 4. The lowest BCUT2D eigenvalue weighted by atomic mass is 10.1. The van der Waals surface area contributed by atoms with Gasteiger partial charge in [-0.25, -0.2) is 0 Å². The molecule has 0 bridgehead atoms. The SMILES string of the molecule is CC.COc1cc(NC(=O)/C=C/c2ccc(C(F)(F)F)cc2)ccc1OCCN. The number of halogens is 3. The second-order valence-electron chi connectivity index (χ2n) is 5.45. The Labute approximate surface area is 168 Å². The van der Waals surface area contributed by atoms with Crippen LogP contribution in [-0.4, -0.2) is 26.2 Å². The van der Waals surface area contributed by atoms with Gasteiger partial charge in [-0.2, -0.15) is 13.2 Å². The Hall–Kier alpha value is -3.00. The van der Waals surface area contributed by atoms with Crippen molar-refractivity contribution < 1.29 is 27.4 Å². The van der Waals surface area contributed by atoms with Crippen LogP contribution in [0.4, 0.5) is 18.9 Å². The highest BCUT2D eigenvalue weighted by atomic mass is 19.4. The third-order valence-corrected chi connectivity index (χ3v) is 3.47. The minimum absolute atomic E-state index is 0.331. The maximum Gasteiger partial charge on any atom is 0.416 e. The number of anilines is 1. The van der Waals surface area contributed by atoms with Gasteiger partial charge in [-0.15, -0.1) is 0 Å². The summed E-state index contributed by atoms with van der Waals surface area (Å²) in [5.74, 6) is 0.502. The molecule has 158 valence electrons. The van der Waals surface area contributed by atoms with Gasteiger partial charge >= 0.3 is 6.18 Å². The van der Waals surface area contributed by atoms with E-state index in [0.717, 1.165) is 12.1 Å². The van der Waals surface area contributed by atoms with E-state index in [0.29, 0.717) is 35.9 Å². The third kappa shape index (κ3) is 7.87. The van der Waals surface area contributed by atoms with E-state index >= 15 is 0 Å². The Balaban J connectivity index is 0.00000204. The molecule has 0 atom stereocenters. The predicted octanol–water partition coefficient (Wildman–Crippen LogP) is 4.73. The normalized spacial score (nSPS) is 10.9. The highest BCUT2D eigenvalue weighted by Crippen LogP contribution is 2.30. The Morgan fingerprint density at radius 1 is 1.10 bits per heavy atom. The Kier molecular flexibility index (Phi) is 9.74. The second-order valence-corrected chi connectivity index (χ2v) is 5.45. The number of benzene rings is 2. The minimum atomic E-state index is -4.39. The van der Waals surface area contributed by atoms with Crippen LogP contribution in [0.15, 0.2) is 48.5 Å². The van der Waals surface area contributed by atoms with Crippen molar-refractivity contribution in [3.05, 3.63) is 59.7 Å². The fraction of sp³-hybridized carbons (Fsp3) is 0.286. The fourth-order valence-corrected chi connectivity index (χ4v) is 2.17. The quantitative estimate of drug-likeness (QED) is 0.648. The summed E-state index contributed by atoms with van der Waals surface area (Å²) in [4.78, 5) is 12.0. The van der Waals surface area contributed by atoms with Crippen LogP contribution in [0.2, 0.25) is 0 Å². The summed E-state index contributed by atoms with van der Waals surface area (Å²) in [6, 6.07) is 9.38.